The van der Waals surface area contributed by atoms with Crippen molar-refractivity contribution in [1.29, 1.82) is 0 Å². The molecule has 0 rings (SSSR count). The van der Waals surface area contributed by atoms with E-state index < -0.39 is 33.1 Å². The molecule has 2 nitrogen and oxygen atoms in total. The number of hydrogen-bond acceptors (Lipinski definition) is 2. The van der Waals surface area contributed by atoms with Crippen molar-refractivity contribution in [1.82, 2.24) is 0 Å². The fourth-order valence-corrected chi connectivity index (χ4v) is 0.790. The van der Waals surface area contributed by atoms with Crippen LogP contribution in [0.3, 0.4) is 0 Å². The molecule has 2 unspecified atom stereocenters. The van der Waals surface area contributed by atoms with Gasteiger partial charge < -0.3 is 4.74 Å². The van der Waals surface area contributed by atoms with E-state index in [4.69, 9.17) is 0 Å². The average molecular weight is 398 g/mol. The van der Waals surface area contributed by atoms with Gasteiger partial charge in [-0.05, 0) is 23.2 Å². The van der Waals surface area contributed by atoms with Crippen molar-refractivity contribution in [2.75, 3.05) is 0 Å². The number of carbonyl (C=O) groups excluding carboxylic acids is 1. The van der Waals surface area contributed by atoms with Crippen LogP contribution in [0.4, 0.5) is 35.1 Å². The number of hydrogen-bond donors (Lipinski definition) is 0. The fourth-order valence-electron chi connectivity index (χ4n) is 0.525. The first-order chi connectivity index (χ1) is 8.38. The second kappa shape index (κ2) is 5.36. The molecule has 0 saturated carbocycles. The van der Waals surface area contributed by atoms with Crippen LogP contribution in [0.2, 0.25) is 0 Å². The van der Waals surface area contributed by atoms with Crippen LogP contribution < -0.4 is 0 Å². The average Bonchev–Trinajstić information content (AvgIpc) is 2.12. The summed E-state index contributed by atoms with van der Waals surface area (Å²) in [6, 6.07) is 0. The first kappa shape index (κ1) is 20.1. The molecule has 2 atom stereocenters. The Kier molecular flexibility index (Phi) is 5.38. The Balaban J connectivity index is 5.38. The third-order valence-electron chi connectivity index (χ3n) is 1.55. The standard InChI is InChI=1S/C6Cl4F8O2/c7-2(11,4(9,13)14)1(19)20-6(17,18)3(8,12)5(10,15)16. The fraction of sp³-hybridized carbons (Fsp3) is 0.833. The molecule has 0 saturated heterocycles. The Morgan fingerprint density at radius 2 is 1.10 bits per heavy atom. The lowest BCUT2D eigenvalue weighted by Gasteiger charge is -2.31. The lowest BCUT2D eigenvalue weighted by atomic mass is 10.3. The van der Waals surface area contributed by atoms with Crippen molar-refractivity contribution in [3.63, 3.8) is 0 Å². The summed E-state index contributed by atoms with van der Waals surface area (Å²) < 4.78 is 103. The van der Waals surface area contributed by atoms with Crippen molar-refractivity contribution in [3.05, 3.63) is 0 Å². The van der Waals surface area contributed by atoms with E-state index in [-0.39, 0.29) is 0 Å². The van der Waals surface area contributed by atoms with Crippen molar-refractivity contribution >= 4 is 52.4 Å². The normalized spacial score (nSPS) is 20.0. The zero-order valence-corrected chi connectivity index (χ0v) is 11.4. The molecule has 0 fully saturated rings. The van der Waals surface area contributed by atoms with E-state index in [1.54, 1.807) is 0 Å². The van der Waals surface area contributed by atoms with Gasteiger partial charge in [0, 0.05) is 0 Å². The van der Waals surface area contributed by atoms with Crippen LogP contribution in [0.25, 0.3) is 0 Å². The molecule has 0 amide bonds. The van der Waals surface area contributed by atoms with Gasteiger partial charge in [0.2, 0.25) is 0 Å². The number of carbonyl (C=O) groups is 1. The van der Waals surface area contributed by atoms with Gasteiger partial charge in [-0.1, -0.05) is 23.2 Å². The predicted octanol–water partition coefficient (Wildman–Crippen LogP) is 4.59. The minimum Gasteiger partial charge on any atom is -0.394 e. The summed E-state index contributed by atoms with van der Waals surface area (Å²) in [5.41, 5.74) is 0. The molecule has 0 aromatic heterocycles. The highest BCUT2D eigenvalue weighted by Crippen LogP contribution is 2.51. The summed E-state index contributed by atoms with van der Waals surface area (Å²) >= 11 is 16.1. The minimum atomic E-state index is -6.02. The maximum atomic E-state index is 12.9. The van der Waals surface area contributed by atoms with Crippen molar-refractivity contribution in [2.45, 2.75) is 27.1 Å². The molecule has 0 heterocycles. The minimum absolute atomic E-state index is 2.51. The van der Waals surface area contributed by atoms with Crippen LogP contribution in [0.1, 0.15) is 0 Å². The number of alkyl halides is 12. The summed E-state index contributed by atoms with van der Waals surface area (Å²) in [5.74, 6) is -3.37. The first-order valence-electron chi connectivity index (χ1n) is 3.88. The van der Waals surface area contributed by atoms with Crippen LogP contribution in [0.15, 0.2) is 0 Å². The summed E-state index contributed by atoms with van der Waals surface area (Å²) in [5, 5.41) is -21.5. The Hall–Kier alpha value is 0.0700. The van der Waals surface area contributed by atoms with Crippen molar-refractivity contribution < 1.29 is 44.7 Å². The lowest BCUT2D eigenvalue weighted by Crippen LogP contribution is -2.55. The van der Waals surface area contributed by atoms with E-state index in [1.807, 2.05) is 0 Å². The molecule has 0 radical (unpaired) electrons. The lowest BCUT2D eigenvalue weighted by molar-refractivity contribution is -0.303. The number of rotatable bonds is 5. The highest BCUT2D eigenvalue weighted by Gasteiger charge is 2.74. The molecular formula is C6Cl4F8O2. The van der Waals surface area contributed by atoms with Crippen LogP contribution in [-0.2, 0) is 9.53 Å². The smallest absolute Gasteiger partial charge is 0.394 e. The zero-order valence-electron chi connectivity index (χ0n) is 8.35. The van der Waals surface area contributed by atoms with Gasteiger partial charge in [-0.3, -0.25) is 0 Å². The van der Waals surface area contributed by atoms with Gasteiger partial charge in [0.15, 0.2) is 0 Å². The largest absolute Gasteiger partial charge is 0.457 e. The molecule has 0 N–H and O–H groups in total. The van der Waals surface area contributed by atoms with Crippen LogP contribution >= 0.6 is 46.4 Å². The quantitative estimate of drug-likeness (QED) is 0.385. The summed E-state index contributed by atoms with van der Waals surface area (Å²) in [6.45, 7) is 0. The third kappa shape index (κ3) is 3.63. The molecular weight excluding hydrogens is 398 g/mol. The summed E-state index contributed by atoms with van der Waals surface area (Å²) in [7, 11) is 0. The Bertz CT molecular complexity index is 387. The van der Waals surface area contributed by atoms with E-state index in [0.29, 0.717) is 0 Å². The second-order valence-corrected chi connectivity index (χ2v) is 5.04. The summed E-state index contributed by atoms with van der Waals surface area (Å²) in [4.78, 5) is 10.6. The molecule has 120 valence electrons. The topological polar surface area (TPSA) is 26.3 Å². The third-order valence-corrected chi connectivity index (χ3v) is 3.12. The zero-order chi connectivity index (χ0) is 16.8. The first-order valence-corrected chi connectivity index (χ1v) is 5.39. The Labute approximate surface area is 124 Å². The number of halogens is 12. The number of esters is 1. The van der Waals surface area contributed by atoms with Gasteiger partial charge in [-0.25, -0.2) is 13.6 Å². The molecule has 20 heavy (non-hydrogen) atoms. The maximum Gasteiger partial charge on any atom is 0.457 e. The molecule has 0 bridgehead atoms. The predicted molar refractivity (Wildman–Crippen MR) is 52.0 cm³/mol. The second-order valence-electron chi connectivity index (χ2n) is 3.05. The van der Waals surface area contributed by atoms with E-state index in [9.17, 15) is 39.9 Å². The van der Waals surface area contributed by atoms with Gasteiger partial charge in [0.25, 0.3) is 0 Å². The monoisotopic (exact) mass is 396 g/mol. The number of ether oxygens (including phenoxy) is 1. The molecule has 0 spiro atoms. The molecule has 0 aromatic rings. The van der Waals surface area contributed by atoms with Gasteiger partial charge in [-0.2, -0.15) is 26.3 Å². The van der Waals surface area contributed by atoms with Crippen molar-refractivity contribution in [2.24, 2.45) is 0 Å². The maximum absolute atomic E-state index is 12.9. The highest BCUT2D eigenvalue weighted by atomic mass is 35.5. The molecule has 0 aliphatic heterocycles. The van der Waals surface area contributed by atoms with E-state index >= 15 is 0 Å². The SMILES string of the molecule is O=C(OC(F)(F)C(F)(Cl)C(F)(F)Cl)C(F)(Cl)C(F)(F)Cl. The van der Waals surface area contributed by atoms with Crippen LogP contribution in [0.5, 0.6) is 0 Å². The molecule has 0 aliphatic rings. The molecule has 14 heteroatoms. The van der Waals surface area contributed by atoms with Gasteiger partial charge in [0.05, 0.1) is 0 Å². The highest BCUT2D eigenvalue weighted by molar-refractivity contribution is 6.40. The van der Waals surface area contributed by atoms with Crippen LogP contribution in [0, 0.1) is 0 Å². The summed E-state index contributed by atoms with van der Waals surface area (Å²) in [6.07, 6.45) is -6.02. The van der Waals surface area contributed by atoms with Gasteiger partial charge in [-0.15, -0.1) is 0 Å². The van der Waals surface area contributed by atoms with E-state index in [2.05, 4.69) is 51.1 Å². The van der Waals surface area contributed by atoms with E-state index in [0.717, 1.165) is 0 Å². The molecule has 0 aliphatic carbocycles. The van der Waals surface area contributed by atoms with Gasteiger partial charge >= 0.3 is 33.1 Å². The Morgan fingerprint density at radius 1 is 0.750 bits per heavy atom. The van der Waals surface area contributed by atoms with Crippen LogP contribution in [-0.4, -0.2) is 33.1 Å². The van der Waals surface area contributed by atoms with E-state index in [1.165, 1.54) is 0 Å². The van der Waals surface area contributed by atoms with Gasteiger partial charge in [0.1, 0.15) is 0 Å². The Morgan fingerprint density at radius 3 is 1.35 bits per heavy atom. The van der Waals surface area contributed by atoms with Crippen molar-refractivity contribution in [3.8, 4) is 0 Å². The molecule has 0 aromatic carbocycles.